The number of hydrogen-bond donors (Lipinski definition) is 0. The second-order valence-electron chi connectivity index (χ2n) is 17.8. The van der Waals surface area contributed by atoms with Crippen LogP contribution in [0.2, 0.25) is 8.87 Å². The Morgan fingerprint density at radius 3 is 0.543 bits per heavy atom. The zero-order valence-electron chi connectivity index (χ0n) is 44.7. The van der Waals surface area contributed by atoms with Crippen molar-refractivity contribution in [2.45, 2.75) is 281 Å². The molecule has 0 atom stereocenters. The third-order valence-corrected chi connectivity index (χ3v) is 13.1. The molecule has 0 bridgehead atoms. The molecule has 0 radical (unpaired) electrons. The molecular weight excluding hydrogens is 1100 g/mol. The Bertz CT molecular complexity index is 1170. The van der Waals surface area contributed by atoms with Crippen LogP contribution in [0.15, 0.2) is 34.9 Å². The Morgan fingerprint density at radius 2 is 0.429 bits per heavy atom. The Kier molecular flexibility index (Phi) is 70.7. The Balaban J connectivity index is -0.000000274. The van der Waals surface area contributed by atoms with Crippen LogP contribution in [0.4, 0.5) is 0 Å². The van der Waals surface area contributed by atoms with E-state index in [2.05, 4.69) is 34.6 Å². The van der Waals surface area contributed by atoms with Crippen LogP contribution < -0.4 is 30.6 Å². The van der Waals surface area contributed by atoms with Crippen molar-refractivity contribution in [3.63, 3.8) is 0 Å². The first-order valence-electron chi connectivity index (χ1n) is 27.2. The predicted molar refractivity (Wildman–Crippen MR) is 275 cm³/mol. The van der Waals surface area contributed by atoms with E-state index in [4.69, 9.17) is 0 Å². The molecule has 0 unspecified atom stereocenters. The van der Waals surface area contributed by atoms with E-state index in [0.717, 1.165) is 57.8 Å². The van der Waals surface area contributed by atoms with Gasteiger partial charge in [-0.3, -0.25) is 0 Å². The summed E-state index contributed by atoms with van der Waals surface area (Å²) in [4.78, 5) is 62.9. The van der Waals surface area contributed by atoms with Gasteiger partial charge in [-0.25, -0.2) is 0 Å². The summed E-state index contributed by atoms with van der Waals surface area (Å²) in [5, 5.41) is 62.9. The van der Waals surface area contributed by atoms with Crippen molar-refractivity contribution in [3.05, 3.63) is 34.9 Å². The third kappa shape index (κ3) is 72.2. The number of carboxylic acid groups (broad SMARTS) is 6. The predicted octanol–water partition coefficient (Wildman–Crippen LogP) is 7.92. The van der Waals surface area contributed by atoms with Crippen LogP contribution in [0, 0.1) is 0 Å². The van der Waals surface area contributed by atoms with Crippen LogP contribution >= 0.6 is 0 Å². The van der Waals surface area contributed by atoms with E-state index in [0.29, 0.717) is 37.5 Å². The first kappa shape index (κ1) is 76.6. The molecule has 0 aliphatic carbocycles. The van der Waals surface area contributed by atoms with Gasteiger partial charge in [0.05, 0.1) is 35.8 Å². The van der Waals surface area contributed by atoms with Gasteiger partial charge in [0, 0.05) is 0 Å². The number of carbonyl (C=O) groups excluding carboxylic acids is 6. The molecular formula is C56H96O12Sn2. The summed E-state index contributed by atoms with van der Waals surface area (Å²) in [5.41, 5.74) is -0.529. The summed E-state index contributed by atoms with van der Waals surface area (Å²) >= 11 is 3.37. The summed E-state index contributed by atoms with van der Waals surface area (Å²) in [6, 6.07) is 0. The molecule has 0 aliphatic rings. The van der Waals surface area contributed by atoms with E-state index < -0.39 is 35.8 Å². The van der Waals surface area contributed by atoms with Gasteiger partial charge in [-0.2, -0.15) is 0 Å². The van der Waals surface area contributed by atoms with Crippen LogP contribution in [0.1, 0.15) is 272 Å². The van der Waals surface area contributed by atoms with Crippen molar-refractivity contribution in [1.82, 2.24) is 0 Å². The average Bonchev–Trinajstić information content (AvgIpc) is 3.30. The molecule has 70 heavy (non-hydrogen) atoms. The van der Waals surface area contributed by atoms with Crippen LogP contribution in [-0.2, 0) is 28.8 Å². The Hall–Kier alpha value is -2.36. The van der Waals surface area contributed by atoms with Crippen molar-refractivity contribution in [3.8, 4) is 0 Å². The van der Waals surface area contributed by atoms with E-state index in [1.165, 1.54) is 150 Å². The number of aliphatic carboxylic acids is 6. The molecule has 0 saturated carbocycles. The third-order valence-electron chi connectivity index (χ3n) is 11.1. The van der Waals surface area contributed by atoms with Gasteiger partial charge in [-0.15, -0.1) is 0 Å². The molecule has 0 spiro atoms. The molecule has 0 amide bonds. The van der Waals surface area contributed by atoms with E-state index in [1.54, 1.807) is 45.0 Å². The van der Waals surface area contributed by atoms with Gasteiger partial charge in [-0.1, -0.05) is 194 Å². The first-order valence-corrected chi connectivity index (χ1v) is 31.3. The topological polar surface area (TPSA) is 241 Å². The second-order valence-corrected chi connectivity index (χ2v) is 20.7. The molecule has 0 aromatic rings. The summed E-state index contributed by atoms with van der Waals surface area (Å²) in [5.74, 6) is -8.66. The van der Waals surface area contributed by atoms with Crippen molar-refractivity contribution in [2.24, 2.45) is 0 Å². The number of unbranched alkanes of at least 4 members (excludes halogenated alkanes) is 29. The van der Waals surface area contributed by atoms with Crippen molar-refractivity contribution < 1.29 is 59.4 Å². The molecule has 0 N–H and O–H groups in total. The van der Waals surface area contributed by atoms with Gasteiger partial charge < -0.3 is 59.4 Å². The molecule has 0 aromatic heterocycles. The normalized spacial score (nSPS) is 11.1. The number of rotatable bonds is 43. The molecule has 0 heterocycles. The summed E-state index contributed by atoms with van der Waals surface area (Å²) < 4.78 is 2.87. The van der Waals surface area contributed by atoms with Gasteiger partial charge in [0.25, 0.3) is 0 Å². The average molecular weight is 1200 g/mol. The number of hydrogen-bond acceptors (Lipinski definition) is 12. The monoisotopic (exact) mass is 1200 g/mol. The van der Waals surface area contributed by atoms with E-state index in [9.17, 15) is 59.4 Å². The molecule has 0 fully saturated rings. The zero-order chi connectivity index (χ0) is 53.9. The molecule has 0 aliphatic heterocycles. The van der Waals surface area contributed by atoms with Gasteiger partial charge in [0.2, 0.25) is 0 Å². The fourth-order valence-electron chi connectivity index (χ4n) is 6.89. The second kappa shape index (κ2) is 64.7. The molecule has 0 rings (SSSR count). The van der Waals surface area contributed by atoms with Gasteiger partial charge in [-0.05, 0) is 73.5 Å². The zero-order valence-corrected chi connectivity index (χ0v) is 50.4. The maximum atomic E-state index is 10.7. The first-order chi connectivity index (χ1) is 33.6. The Morgan fingerprint density at radius 1 is 0.271 bits per heavy atom. The van der Waals surface area contributed by atoms with Crippen molar-refractivity contribution in [1.29, 1.82) is 0 Å². The van der Waals surface area contributed by atoms with Crippen molar-refractivity contribution in [2.75, 3.05) is 0 Å². The molecule has 0 aromatic carbocycles. The van der Waals surface area contributed by atoms with Gasteiger partial charge in [0.15, 0.2) is 0 Å². The fraction of sp³-hybridized carbons (Fsp3) is 0.786. The minimum absolute atomic E-state index is 0.176. The minimum atomic E-state index is -1.48. The summed E-state index contributed by atoms with van der Waals surface area (Å²) in [6.45, 7) is 11.1. The van der Waals surface area contributed by atoms with Gasteiger partial charge >= 0.3 is 93.5 Å². The van der Waals surface area contributed by atoms with E-state index >= 15 is 0 Å². The fourth-order valence-corrected chi connectivity index (χ4v) is 8.91. The maximum absolute atomic E-state index is 10.7. The molecule has 0 saturated heterocycles. The van der Waals surface area contributed by atoms with Crippen molar-refractivity contribution >= 4 is 80.9 Å². The standard InChI is InChI=1S/3C16H28O4.2C4H9.2Sn/c3*1-2-3-4-5-6-7-8-9-10-11-12-14(16(19)20)13-15(17)18;2*1-3-4-2;;/h3*13H,2-12H2,1H3,(H,17,18)(H,19,20);2*1,3-4H2,2H3;;/q;;;;;2*+3/p-6. The quantitative estimate of drug-likeness (QED) is 0.0321. The van der Waals surface area contributed by atoms with Crippen LogP contribution in [0.5, 0.6) is 0 Å². The summed E-state index contributed by atoms with van der Waals surface area (Å²) in [6.07, 6.45) is 42.8. The molecule has 12 nitrogen and oxygen atoms in total. The molecule has 400 valence electrons. The van der Waals surface area contributed by atoms with E-state index in [-0.39, 0.29) is 36.0 Å². The SMILES string of the molecule is CCCCCCCCCCCCC(=CC(=O)[O-])C(=O)[O-].CCCCCCCCCCCCC(=CC(=O)[O-])C(=O)[O-].CCCCCCCCCCCCC(=CC(=O)[O-])C(=O)[O-].CCC[CH2][Sn+3].CCC[CH2][Sn+3]. The van der Waals surface area contributed by atoms with Crippen LogP contribution in [-0.4, -0.2) is 80.9 Å². The van der Waals surface area contributed by atoms with Gasteiger partial charge in [0.1, 0.15) is 0 Å². The number of carbonyl (C=O) groups is 6. The summed E-state index contributed by atoms with van der Waals surface area (Å²) in [7, 11) is 0. The van der Waals surface area contributed by atoms with Crippen LogP contribution in [0.25, 0.3) is 0 Å². The Labute approximate surface area is 453 Å². The van der Waals surface area contributed by atoms with Crippen LogP contribution in [0.3, 0.4) is 0 Å². The molecule has 14 heteroatoms. The van der Waals surface area contributed by atoms with E-state index in [1.807, 2.05) is 0 Å². The number of carboxylic acids is 6.